The molecule has 7 nitrogen and oxygen atoms in total. The van der Waals surface area contributed by atoms with Gasteiger partial charge in [-0.15, -0.1) is 0 Å². The number of hydrogen-bond donors (Lipinski definition) is 2. The number of Topliss-reactive ketones (excluding diaryl/α,β-unsaturated/α-hetero) is 2. The van der Waals surface area contributed by atoms with Crippen LogP contribution in [0.2, 0.25) is 0 Å². The average molecular weight is 314 g/mol. The highest BCUT2D eigenvalue weighted by Gasteiger charge is 2.16. The minimum atomic E-state index is -0.532. The molecule has 0 saturated heterocycles. The van der Waals surface area contributed by atoms with Gasteiger partial charge in [-0.05, 0) is 27.2 Å². The zero-order valence-corrected chi connectivity index (χ0v) is 13.6. The van der Waals surface area contributed by atoms with Crippen LogP contribution in [-0.4, -0.2) is 42.1 Å². The van der Waals surface area contributed by atoms with Gasteiger partial charge in [0.05, 0.1) is 13.1 Å². The van der Waals surface area contributed by atoms with E-state index in [0.29, 0.717) is 6.42 Å². The monoisotopic (exact) mass is 314 g/mol. The van der Waals surface area contributed by atoms with E-state index in [1.54, 1.807) is 20.8 Å². The van der Waals surface area contributed by atoms with Crippen LogP contribution in [0, 0.1) is 0 Å². The number of nitrogens with two attached hydrogens (primary N) is 1. The third kappa shape index (κ3) is 12.0. The summed E-state index contributed by atoms with van der Waals surface area (Å²) in [4.78, 5) is 45.3. The van der Waals surface area contributed by atoms with Gasteiger partial charge >= 0.3 is 5.97 Å². The Balaban J connectivity index is 3.76. The zero-order chi connectivity index (χ0) is 17.2. The molecule has 7 heteroatoms. The van der Waals surface area contributed by atoms with E-state index in [1.807, 2.05) is 0 Å². The van der Waals surface area contributed by atoms with Crippen molar-refractivity contribution in [2.24, 2.45) is 5.73 Å². The van der Waals surface area contributed by atoms with Crippen LogP contribution in [0.5, 0.6) is 0 Å². The Bertz CT molecular complexity index is 413. The molecule has 0 aliphatic rings. The van der Waals surface area contributed by atoms with Crippen LogP contribution < -0.4 is 11.1 Å². The van der Waals surface area contributed by atoms with Crippen molar-refractivity contribution in [2.75, 3.05) is 13.1 Å². The van der Waals surface area contributed by atoms with Gasteiger partial charge in [-0.2, -0.15) is 0 Å². The molecule has 0 spiro atoms. The first kappa shape index (κ1) is 20.2. The Morgan fingerprint density at radius 2 is 1.59 bits per heavy atom. The number of nitrogens with one attached hydrogen (secondary N) is 1. The predicted octanol–water partition coefficient (Wildman–Crippen LogP) is 0.492. The molecule has 0 rings (SSSR count). The second kappa shape index (κ2) is 10.0. The molecule has 126 valence electrons. The molecule has 0 aliphatic heterocycles. The minimum Gasteiger partial charge on any atom is -0.460 e. The molecule has 3 N–H and O–H groups in total. The first-order valence-corrected chi connectivity index (χ1v) is 7.36. The molecule has 0 aromatic rings. The number of ether oxygens (including phenoxy) is 1. The van der Waals surface area contributed by atoms with Crippen LogP contribution in [0.25, 0.3) is 0 Å². The highest BCUT2D eigenvalue weighted by Crippen LogP contribution is 2.09. The van der Waals surface area contributed by atoms with E-state index in [2.05, 4.69) is 5.32 Å². The standard InChI is InChI=1S/C15H26N2O5/c1-15(2,3)22-14(21)6-4-5-12(19)10-17-13(20)8-7-11(18)9-16/h4-10,16H2,1-3H3,(H,17,20). The topological polar surface area (TPSA) is 116 Å². The third-order valence-electron chi connectivity index (χ3n) is 2.60. The molecule has 0 atom stereocenters. The summed E-state index contributed by atoms with van der Waals surface area (Å²) in [6.45, 7) is 5.16. The van der Waals surface area contributed by atoms with Crippen LogP contribution >= 0.6 is 0 Å². The molecule has 0 fully saturated rings. The maximum atomic E-state index is 11.6. The Morgan fingerprint density at radius 3 is 2.14 bits per heavy atom. The normalized spacial score (nSPS) is 10.9. The summed E-state index contributed by atoms with van der Waals surface area (Å²) < 4.78 is 5.12. The summed E-state index contributed by atoms with van der Waals surface area (Å²) in [6, 6.07) is 0. The smallest absolute Gasteiger partial charge is 0.306 e. The molecule has 0 bridgehead atoms. The number of rotatable bonds is 10. The lowest BCUT2D eigenvalue weighted by molar-refractivity contribution is -0.154. The second-order valence-corrected chi connectivity index (χ2v) is 6.00. The van der Waals surface area contributed by atoms with E-state index in [9.17, 15) is 19.2 Å². The van der Waals surface area contributed by atoms with Crippen molar-refractivity contribution in [1.29, 1.82) is 0 Å². The average Bonchev–Trinajstić information content (AvgIpc) is 2.40. The van der Waals surface area contributed by atoms with Gasteiger partial charge in [-0.3, -0.25) is 19.2 Å². The van der Waals surface area contributed by atoms with E-state index in [-0.39, 0.29) is 62.2 Å². The zero-order valence-electron chi connectivity index (χ0n) is 13.6. The summed E-state index contributed by atoms with van der Waals surface area (Å²) in [6.07, 6.45) is 0.856. The van der Waals surface area contributed by atoms with Crippen molar-refractivity contribution >= 4 is 23.4 Å². The van der Waals surface area contributed by atoms with Gasteiger partial charge in [0.2, 0.25) is 5.91 Å². The fourth-order valence-electron chi connectivity index (χ4n) is 1.55. The van der Waals surface area contributed by atoms with E-state index in [1.165, 1.54) is 0 Å². The molecule has 0 aromatic carbocycles. The molecule has 0 saturated carbocycles. The Hall–Kier alpha value is -1.76. The molecular weight excluding hydrogens is 288 g/mol. The summed E-state index contributed by atoms with van der Waals surface area (Å²) in [5, 5.41) is 2.44. The van der Waals surface area contributed by atoms with Crippen molar-refractivity contribution in [3.63, 3.8) is 0 Å². The van der Waals surface area contributed by atoms with Crippen molar-refractivity contribution in [3.05, 3.63) is 0 Å². The first-order valence-electron chi connectivity index (χ1n) is 7.36. The lowest BCUT2D eigenvalue weighted by Gasteiger charge is -2.19. The van der Waals surface area contributed by atoms with Gasteiger partial charge in [0.25, 0.3) is 0 Å². The lowest BCUT2D eigenvalue weighted by Crippen LogP contribution is -2.30. The van der Waals surface area contributed by atoms with Crippen LogP contribution in [-0.2, 0) is 23.9 Å². The first-order chi connectivity index (χ1) is 10.1. The molecule has 0 aromatic heterocycles. The van der Waals surface area contributed by atoms with Gasteiger partial charge in [-0.25, -0.2) is 0 Å². The number of amides is 1. The molecule has 0 radical (unpaired) electrons. The van der Waals surface area contributed by atoms with Crippen LogP contribution in [0.15, 0.2) is 0 Å². The molecule has 0 heterocycles. The van der Waals surface area contributed by atoms with Crippen molar-refractivity contribution in [1.82, 2.24) is 5.32 Å². The van der Waals surface area contributed by atoms with E-state index >= 15 is 0 Å². The maximum Gasteiger partial charge on any atom is 0.306 e. The van der Waals surface area contributed by atoms with Gasteiger partial charge in [0, 0.05) is 25.7 Å². The fourth-order valence-corrected chi connectivity index (χ4v) is 1.55. The summed E-state index contributed by atoms with van der Waals surface area (Å²) >= 11 is 0. The Morgan fingerprint density at radius 1 is 0.955 bits per heavy atom. The SMILES string of the molecule is CC(C)(C)OC(=O)CCCC(=O)CNC(=O)CCC(=O)CN. The summed E-state index contributed by atoms with van der Waals surface area (Å²) in [5.41, 5.74) is 4.59. The highest BCUT2D eigenvalue weighted by atomic mass is 16.6. The van der Waals surface area contributed by atoms with Crippen molar-refractivity contribution in [2.45, 2.75) is 58.5 Å². The highest BCUT2D eigenvalue weighted by molar-refractivity contribution is 5.89. The van der Waals surface area contributed by atoms with Crippen molar-refractivity contribution < 1.29 is 23.9 Å². The predicted molar refractivity (Wildman–Crippen MR) is 81.0 cm³/mol. The van der Waals surface area contributed by atoms with Gasteiger partial charge in [-0.1, -0.05) is 0 Å². The second-order valence-electron chi connectivity index (χ2n) is 6.00. The molecule has 0 unspecified atom stereocenters. The maximum absolute atomic E-state index is 11.6. The molecule has 1 amide bonds. The quantitative estimate of drug-likeness (QED) is 0.567. The van der Waals surface area contributed by atoms with E-state index in [0.717, 1.165) is 0 Å². The number of hydrogen-bond acceptors (Lipinski definition) is 6. The van der Waals surface area contributed by atoms with Crippen molar-refractivity contribution in [3.8, 4) is 0 Å². The number of esters is 1. The number of carbonyl (C=O) groups excluding carboxylic acids is 4. The van der Waals surface area contributed by atoms with Crippen LogP contribution in [0.3, 0.4) is 0 Å². The number of carbonyl (C=O) groups is 4. The molecular formula is C15H26N2O5. The Labute approximate surface area is 130 Å². The largest absolute Gasteiger partial charge is 0.460 e. The lowest BCUT2D eigenvalue weighted by atomic mass is 10.1. The van der Waals surface area contributed by atoms with Crippen LogP contribution in [0.4, 0.5) is 0 Å². The fraction of sp³-hybridized carbons (Fsp3) is 0.733. The Kier molecular flexibility index (Phi) is 9.24. The van der Waals surface area contributed by atoms with Gasteiger partial charge in [0.1, 0.15) is 11.4 Å². The van der Waals surface area contributed by atoms with Gasteiger partial charge in [0.15, 0.2) is 5.78 Å². The third-order valence-corrected chi connectivity index (χ3v) is 2.60. The number of ketones is 2. The molecule has 22 heavy (non-hydrogen) atoms. The van der Waals surface area contributed by atoms with Gasteiger partial charge < -0.3 is 15.8 Å². The molecule has 0 aliphatic carbocycles. The summed E-state index contributed by atoms with van der Waals surface area (Å²) in [7, 11) is 0. The summed E-state index contributed by atoms with van der Waals surface area (Å²) in [5.74, 6) is -1.06. The minimum absolute atomic E-state index is 0.0290. The van der Waals surface area contributed by atoms with E-state index < -0.39 is 5.60 Å². The van der Waals surface area contributed by atoms with E-state index in [4.69, 9.17) is 10.5 Å². The van der Waals surface area contributed by atoms with Crippen LogP contribution in [0.1, 0.15) is 52.9 Å².